The van der Waals surface area contributed by atoms with Crippen LogP contribution in [0.25, 0.3) is 5.00 Å². The molecule has 0 saturated carbocycles. The number of aromatic nitrogens is 1. The number of carbonyl (C=O) groups is 1. The summed E-state index contributed by atoms with van der Waals surface area (Å²) in [5.74, 6) is 0. The third-order valence-corrected chi connectivity index (χ3v) is 6.48. The van der Waals surface area contributed by atoms with Crippen LogP contribution in [0, 0.1) is 6.92 Å². The number of fused-ring (bicyclic) bond motifs is 1. The average Bonchev–Trinajstić information content (AvgIpc) is 3.33. The Hall–Kier alpha value is -2.57. The molecule has 4 rings (SSSR count). The van der Waals surface area contributed by atoms with Gasteiger partial charge in [-0.3, -0.25) is 4.90 Å². The molecule has 0 radical (unpaired) electrons. The fraction of sp³-hybridized carbons (Fsp3) is 0.318. The van der Waals surface area contributed by atoms with E-state index in [-0.39, 0.29) is 6.03 Å². The number of hydrogen-bond acceptors (Lipinski definition) is 3. The number of nitrogens with one attached hydrogen (secondary N) is 2. The average molecular weight is 395 g/mol. The summed E-state index contributed by atoms with van der Waals surface area (Å²) >= 11 is 1.85. The molecule has 28 heavy (non-hydrogen) atoms. The van der Waals surface area contributed by atoms with Gasteiger partial charge in [-0.15, -0.1) is 11.3 Å². The van der Waals surface area contributed by atoms with Crippen LogP contribution in [-0.2, 0) is 19.5 Å². The summed E-state index contributed by atoms with van der Waals surface area (Å²) in [6, 6.07) is 11.8. The van der Waals surface area contributed by atoms with E-state index in [2.05, 4.69) is 39.4 Å². The topological polar surface area (TPSA) is 49.3 Å². The fourth-order valence-electron chi connectivity index (χ4n) is 3.70. The predicted molar refractivity (Wildman–Crippen MR) is 115 cm³/mol. The summed E-state index contributed by atoms with van der Waals surface area (Å²) in [5, 5.41) is 7.21. The number of thiophene rings is 1. The van der Waals surface area contributed by atoms with E-state index in [9.17, 15) is 4.79 Å². The van der Waals surface area contributed by atoms with Gasteiger partial charge in [-0.25, -0.2) is 4.79 Å². The van der Waals surface area contributed by atoms with Crippen molar-refractivity contribution < 1.29 is 4.79 Å². The van der Waals surface area contributed by atoms with Crippen LogP contribution >= 0.6 is 11.3 Å². The summed E-state index contributed by atoms with van der Waals surface area (Å²) in [6.07, 6.45) is 5.19. The number of hydrogen-bond donors (Lipinski definition) is 2. The van der Waals surface area contributed by atoms with Crippen molar-refractivity contribution in [2.24, 2.45) is 0 Å². The first-order valence-corrected chi connectivity index (χ1v) is 10.6. The van der Waals surface area contributed by atoms with Crippen LogP contribution in [0.2, 0.25) is 0 Å². The van der Waals surface area contributed by atoms with E-state index in [1.807, 2.05) is 54.7 Å². The highest BCUT2D eigenvalue weighted by Gasteiger charge is 2.24. The molecule has 0 spiro atoms. The van der Waals surface area contributed by atoms with Crippen molar-refractivity contribution in [3.8, 4) is 5.00 Å². The smallest absolute Gasteiger partial charge is 0.319 e. The van der Waals surface area contributed by atoms with E-state index in [0.717, 1.165) is 37.3 Å². The van der Waals surface area contributed by atoms with Crippen LogP contribution in [0.4, 0.5) is 10.5 Å². The molecular weight excluding hydrogens is 368 g/mol. The highest BCUT2D eigenvalue weighted by molar-refractivity contribution is 7.14. The van der Waals surface area contributed by atoms with E-state index in [1.54, 1.807) is 0 Å². The van der Waals surface area contributed by atoms with Crippen molar-refractivity contribution >= 4 is 23.1 Å². The lowest BCUT2D eigenvalue weighted by Gasteiger charge is -2.25. The van der Waals surface area contributed by atoms with Gasteiger partial charge in [-0.05, 0) is 55.3 Å². The van der Waals surface area contributed by atoms with Crippen molar-refractivity contribution in [1.29, 1.82) is 0 Å². The third-order valence-electron chi connectivity index (χ3n) is 5.21. The van der Waals surface area contributed by atoms with Crippen molar-refractivity contribution in [2.75, 3.05) is 18.4 Å². The second-order valence-electron chi connectivity index (χ2n) is 7.17. The van der Waals surface area contributed by atoms with Crippen LogP contribution in [0.1, 0.15) is 28.5 Å². The Morgan fingerprint density at radius 2 is 2.04 bits per heavy atom. The predicted octanol–water partition coefficient (Wildman–Crippen LogP) is 4.55. The van der Waals surface area contributed by atoms with Gasteiger partial charge in [0.05, 0.1) is 0 Å². The molecule has 1 aromatic carbocycles. The maximum absolute atomic E-state index is 12.4. The molecule has 3 aromatic rings. The highest BCUT2D eigenvalue weighted by Crippen LogP contribution is 2.35. The molecule has 1 aliphatic heterocycles. The Labute approximate surface area is 170 Å². The minimum Gasteiger partial charge on any atom is -0.334 e. The van der Waals surface area contributed by atoms with Gasteiger partial charge >= 0.3 is 6.03 Å². The van der Waals surface area contributed by atoms with E-state index >= 15 is 0 Å². The van der Waals surface area contributed by atoms with Gasteiger partial charge in [0, 0.05) is 48.2 Å². The largest absolute Gasteiger partial charge is 0.334 e. The number of amides is 2. The molecule has 0 saturated heterocycles. The first kappa shape index (κ1) is 18.8. The Balaban J connectivity index is 1.53. The molecule has 146 valence electrons. The standard InChI is InChI=1S/C22H26N4OS/c1-3-25-12-9-18-19(21(28-20(18)15-25)26-10-4-5-11-26)14-23-22(27)24-17-8-6-7-16(2)13-17/h4-8,10-11,13H,3,9,12,14-15H2,1-2H3,(H2,23,24,27). The monoisotopic (exact) mass is 394 g/mol. The number of nitrogens with zero attached hydrogens (tertiary/aromatic N) is 2. The zero-order chi connectivity index (χ0) is 19.5. The first-order valence-electron chi connectivity index (χ1n) is 9.74. The number of likely N-dealkylation sites (N-methyl/N-ethyl adjacent to an activating group) is 1. The van der Waals surface area contributed by atoms with Gasteiger partial charge in [-0.1, -0.05) is 19.1 Å². The highest BCUT2D eigenvalue weighted by atomic mass is 32.1. The minimum absolute atomic E-state index is 0.171. The van der Waals surface area contributed by atoms with Crippen molar-refractivity contribution in [3.05, 3.63) is 70.4 Å². The normalized spacial score (nSPS) is 13.9. The summed E-state index contributed by atoms with van der Waals surface area (Å²) in [7, 11) is 0. The minimum atomic E-state index is -0.171. The molecule has 0 aliphatic carbocycles. The lowest BCUT2D eigenvalue weighted by Crippen LogP contribution is -2.31. The number of urea groups is 1. The SMILES string of the molecule is CCN1CCc2c(sc(-n3cccc3)c2CNC(=O)Nc2cccc(C)c2)C1. The zero-order valence-electron chi connectivity index (χ0n) is 16.4. The van der Waals surface area contributed by atoms with E-state index < -0.39 is 0 Å². The molecule has 1 aliphatic rings. The lowest BCUT2D eigenvalue weighted by atomic mass is 10.0. The molecule has 0 atom stereocenters. The Morgan fingerprint density at radius 1 is 1.21 bits per heavy atom. The number of aryl methyl sites for hydroxylation is 1. The molecule has 3 heterocycles. The summed E-state index contributed by atoms with van der Waals surface area (Å²) in [4.78, 5) is 16.3. The number of benzene rings is 1. The number of carbonyl (C=O) groups excluding carboxylic acids is 1. The van der Waals surface area contributed by atoms with Crippen molar-refractivity contribution in [3.63, 3.8) is 0 Å². The molecule has 2 aromatic heterocycles. The quantitative estimate of drug-likeness (QED) is 0.667. The van der Waals surface area contributed by atoms with Gasteiger partial charge in [0.1, 0.15) is 5.00 Å². The maximum atomic E-state index is 12.4. The molecule has 0 unspecified atom stereocenters. The van der Waals surface area contributed by atoms with E-state index in [1.165, 1.54) is 21.0 Å². The van der Waals surface area contributed by atoms with Gasteiger partial charge < -0.3 is 15.2 Å². The van der Waals surface area contributed by atoms with Gasteiger partial charge in [0.15, 0.2) is 0 Å². The Kier molecular flexibility index (Phi) is 5.50. The molecule has 5 nitrogen and oxygen atoms in total. The van der Waals surface area contributed by atoms with Crippen LogP contribution in [0.15, 0.2) is 48.8 Å². The summed E-state index contributed by atoms with van der Waals surface area (Å²) in [5.41, 5.74) is 4.59. The summed E-state index contributed by atoms with van der Waals surface area (Å²) in [6.45, 7) is 7.91. The van der Waals surface area contributed by atoms with Crippen LogP contribution in [-0.4, -0.2) is 28.6 Å². The molecular formula is C22H26N4OS. The van der Waals surface area contributed by atoms with Crippen LogP contribution in [0.5, 0.6) is 0 Å². The van der Waals surface area contributed by atoms with Crippen LogP contribution < -0.4 is 10.6 Å². The molecule has 0 bridgehead atoms. The number of anilines is 1. The second kappa shape index (κ2) is 8.20. The molecule has 2 N–H and O–H groups in total. The molecule has 0 fully saturated rings. The Bertz CT molecular complexity index is 961. The maximum Gasteiger partial charge on any atom is 0.319 e. The summed E-state index contributed by atoms with van der Waals surface area (Å²) < 4.78 is 2.16. The van der Waals surface area contributed by atoms with E-state index in [4.69, 9.17) is 0 Å². The van der Waals surface area contributed by atoms with E-state index in [0.29, 0.717) is 6.54 Å². The third kappa shape index (κ3) is 3.98. The Morgan fingerprint density at radius 3 is 2.79 bits per heavy atom. The van der Waals surface area contributed by atoms with Crippen LogP contribution in [0.3, 0.4) is 0 Å². The van der Waals surface area contributed by atoms with Gasteiger partial charge in [-0.2, -0.15) is 0 Å². The molecule has 2 amide bonds. The lowest BCUT2D eigenvalue weighted by molar-refractivity contribution is 0.251. The second-order valence-corrected chi connectivity index (χ2v) is 8.26. The van der Waals surface area contributed by atoms with Gasteiger partial charge in [0.2, 0.25) is 0 Å². The van der Waals surface area contributed by atoms with Crippen molar-refractivity contribution in [1.82, 2.24) is 14.8 Å². The fourth-order valence-corrected chi connectivity index (χ4v) is 5.08. The zero-order valence-corrected chi connectivity index (χ0v) is 17.2. The number of rotatable bonds is 5. The van der Waals surface area contributed by atoms with Gasteiger partial charge in [0.25, 0.3) is 0 Å². The first-order chi connectivity index (χ1) is 13.6. The van der Waals surface area contributed by atoms with Crippen molar-refractivity contribution in [2.45, 2.75) is 33.4 Å². The molecule has 6 heteroatoms.